The fraction of sp³-hybridized carbons (Fsp3) is 1.00. The van der Waals surface area contributed by atoms with Gasteiger partial charge in [-0.3, -0.25) is 0 Å². The van der Waals surface area contributed by atoms with Crippen molar-refractivity contribution in [1.82, 2.24) is 0 Å². The quantitative estimate of drug-likeness (QED) is 0.650. The van der Waals surface area contributed by atoms with Gasteiger partial charge in [0.1, 0.15) is 9.84 Å². The lowest BCUT2D eigenvalue weighted by molar-refractivity contribution is 0.0304. The van der Waals surface area contributed by atoms with Crippen LogP contribution in [0.1, 0.15) is 32.6 Å². The molecule has 4 nitrogen and oxygen atoms in total. The third-order valence-electron chi connectivity index (χ3n) is 2.25. The van der Waals surface area contributed by atoms with Crippen LogP contribution >= 0.6 is 0 Å². The summed E-state index contributed by atoms with van der Waals surface area (Å²) in [6.07, 6.45) is 3.63. The number of aliphatic hydroxyl groups is 1. The minimum atomic E-state index is -2.92. The lowest BCUT2D eigenvalue weighted by atomic mass is 9.93. The number of hydrogen-bond donors (Lipinski definition) is 2. The summed E-state index contributed by atoms with van der Waals surface area (Å²) in [4.78, 5) is 0. The summed E-state index contributed by atoms with van der Waals surface area (Å²) < 4.78 is 21.7. The van der Waals surface area contributed by atoms with Crippen molar-refractivity contribution in [2.75, 3.05) is 18.6 Å². The van der Waals surface area contributed by atoms with Crippen LogP contribution in [-0.4, -0.2) is 37.7 Å². The topological polar surface area (TPSA) is 80.4 Å². The van der Waals surface area contributed by atoms with E-state index in [2.05, 4.69) is 0 Å². The average Bonchev–Trinajstić information content (AvgIpc) is 2.02. The Hall–Kier alpha value is -0.130. The summed E-state index contributed by atoms with van der Waals surface area (Å²) >= 11 is 0. The second-order valence-electron chi connectivity index (χ2n) is 3.91. The van der Waals surface area contributed by atoms with Gasteiger partial charge in [0.05, 0.1) is 5.60 Å². The molecule has 3 N–H and O–H groups in total. The van der Waals surface area contributed by atoms with Crippen LogP contribution in [0.15, 0.2) is 0 Å². The van der Waals surface area contributed by atoms with Crippen LogP contribution < -0.4 is 5.73 Å². The highest BCUT2D eigenvalue weighted by atomic mass is 32.2. The summed E-state index contributed by atoms with van der Waals surface area (Å²) in [5.41, 5.74) is 4.57. The van der Waals surface area contributed by atoms with Gasteiger partial charge in [-0.25, -0.2) is 8.42 Å². The number of hydrogen-bond acceptors (Lipinski definition) is 4. The van der Waals surface area contributed by atoms with Crippen molar-refractivity contribution in [3.8, 4) is 0 Å². The molecule has 0 aliphatic rings. The molecule has 0 amide bonds. The van der Waals surface area contributed by atoms with Gasteiger partial charge in [-0.05, 0) is 19.3 Å². The van der Waals surface area contributed by atoms with Crippen LogP contribution in [0.5, 0.6) is 0 Å². The van der Waals surface area contributed by atoms with Crippen LogP contribution in [0, 0.1) is 0 Å². The van der Waals surface area contributed by atoms with E-state index in [1.54, 1.807) is 0 Å². The first-order valence-electron chi connectivity index (χ1n) is 4.93. The second-order valence-corrected chi connectivity index (χ2v) is 6.17. The fourth-order valence-corrected chi connectivity index (χ4v) is 2.13. The summed E-state index contributed by atoms with van der Waals surface area (Å²) in [5, 5.41) is 9.90. The van der Waals surface area contributed by atoms with E-state index in [0.717, 1.165) is 6.42 Å². The third kappa shape index (κ3) is 6.34. The van der Waals surface area contributed by atoms with E-state index in [0.29, 0.717) is 19.3 Å². The van der Waals surface area contributed by atoms with Gasteiger partial charge < -0.3 is 10.8 Å². The molecule has 0 aromatic rings. The van der Waals surface area contributed by atoms with E-state index in [-0.39, 0.29) is 12.3 Å². The van der Waals surface area contributed by atoms with E-state index in [9.17, 15) is 13.5 Å². The normalized spacial score (nSPS) is 16.6. The Balaban J connectivity index is 3.96. The predicted molar refractivity (Wildman–Crippen MR) is 57.9 cm³/mol. The first-order chi connectivity index (χ1) is 6.33. The van der Waals surface area contributed by atoms with Gasteiger partial charge in [0.2, 0.25) is 0 Å². The maximum atomic E-state index is 10.9. The molecular formula is C9H21NO3S. The zero-order valence-electron chi connectivity index (χ0n) is 8.99. The molecule has 0 fully saturated rings. The molecule has 0 saturated heterocycles. The van der Waals surface area contributed by atoms with Crippen LogP contribution in [0.4, 0.5) is 0 Å². The van der Waals surface area contributed by atoms with Crippen molar-refractivity contribution in [3.63, 3.8) is 0 Å². The maximum Gasteiger partial charge on any atom is 0.147 e. The summed E-state index contributed by atoms with van der Waals surface area (Å²) in [6.45, 7) is 2.17. The van der Waals surface area contributed by atoms with E-state index in [1.807, 2.05) is 6.92 Å². The molecule has 0 aliphatic heterocycles. The van der Waals surface area contributed by atoms with Gasteiger partial charge in [-0.15, -0.1) is 0 Å². The van der Waals surface area contributed by atoms with Gasteiger partial charge in [0, 0.05) is 18.6 Å². The van der Waals surface area contributed by atoms with Crippen LogP contribution in [0.25, 0.3) is 0 Å². The second kappa shape index (κ2) is 5.68. The average molecular weight is 223 g/mol. The molecule has 0 spiro atoms. The van der Waals surface area contributed by atoms with Gasteiger partial charge >= 0.3 is 0 Å². The van der Waals surface area contributed by atoms with Crippen molar-refractivity contribution in [2.45, 2.75) is 38.2 Å². The predicted octanol–water partition coefficient (Wildman–Crippen LogP) is 0.301. The fourth-order valence-electron chi connectivity index (χ4n) is 1.46. The minimum Gasteiger partial charge on any atom is -0.389 e. The van der Waals surface area contributed by atoms with Crippen molar-refractivity contribution in [3.05, 3.63) is 0 Å². The first kappa shape index (κ1) is 13.9. The Morgan fingerprint density at radius 2 is 1.93 bits per heavy atom. The molecule has 0 bridgehead atoms. The molecule has 0 aromatic carbocycles. The molecule has 1 unspecified atom stereocenters. The molecule has 0 rings (SSSR count). The zero-order valence-corrected chi connectivity index (χ0v) is 9.81. The number of rotatable bonds is 7. The minimum absolute atomic E-state index is 0.124. The van der Waals surface area contributed by atoms with Gasteiger partial charge in [-0.1, -0.05) is 13.3 Å². The first-order valence-corrected chi connectivity index (χ1v) is 6.99. The van der Waals surface area contributed by atoms with E-state index >= 15 is 0 Å². The molecular weight excluding hydrogens is 202 g/mol. The zero-order chi connectivity index (χ0) is 11.2. The van der Waals surface area contributed by atoms with Crippen LogP contribution in [-0.2, 0) is 9.84 Å². The van der Waals surface area contributed by atoms with Crippen molar-refractivity contribution in [1.29, 1.82) is 0 Å². The van der Waals surface area contributed by atoms with Gasteiger partial charge in [0.25, 0.3) is 0 Å². The summed E-state index contributed by atoms with van der Waals surface area (Å²) in [5.74, 6) is 0.124. The van der Waals surface area contributed by atoms with Crippen LogP contribution in [0.2, 0.25) is 0 Å². The third-order valence-corrected chi connectivity index (χ3v) is 3.28. The van der Waals surface area contributed by atoms with Crippen LogP contribution in [0.3, 0.4) is 0 Å². The van der Waals surface area contributed by atoms with Crippen molar-refractivity contribution < 1.29 is 13.5 Å². The Kier molecular flexibility index (Phi) is 5.63. The molecule has 0 radical (unpaired) electrons. The highest BCUT2D eigenvalue weighted by molar-refractivity contribution is 7.90. The van der Waals surface area contributed by atoms with Gasteiger partial charge in [0.15, 0.2) is 0 Å². The highest BCUT2D eigenvalue weighted by Gasteiger charge is 2.23. The summed E-state index contributed by atoms with van der Waals surface area (Å²) in [7, 11) is -2.92. The maximum absolute atomic E-state index is 10.9. The Labute approximate surface area is 86.4 Å². The number of nitrogens with two attached hydrogens (primary N) is 1. The molecule has 0 aromatic heterocycles. The Bertz CT molecular complexity index is 251. The standard InChI is InChI=1S/C9H21NO3S/c1-3-5-9(11,8-10)6-4-7-14(2,12)13/h11H,3-8,10H2,1-2H3. The molecule has 0 heterocycles. The summed E-state index contributed by atoms with van der Waals surface area (Å²) in [6, 6.07) is 0. The highest BCUT2D eigenvalue weighted by Crippen LogP contribution is 2.18. The molecule has 1 atom stereocenters. The largest absolute Gasteiger partial charge is 0.389 e. The van der Waals surface area contributed by atoms with Gasteiger partial charge in [-0.2, -0.15) is 0 Å². The SMILES string of the molecule is CCCC(O)(CN)CCCS(C)(=O)=O. The Morgan fingerprint density at radius 1 is 1.36 bits per heavy atom. The smallest absolute Gasteiger partial charge is 0.147 e. The lowest BCUT2D eigenvalue weighted by Crippen LogP contribution is -2.37. The molecule has 0 saturated carbocycles. The molecule has 5 heteroatoms. The molecule has 86 valence electrons. The van der Waals surface area contributed by atoms with E-state index in [4.69, 9.17) is 5.73 Å². The Morgan fingerprint density at radius 3 is 2.29 bits per heavy atom. The lowest BCUT2D eigenvalue weighted by Gasteiger charge is -2.25. The number of sulfone groups is 1. The monoisotopic (exact) mass is 223 g/mol. The molecule has 14 heavy (non-hydrogen) atoms. The molecule has 0 aliphatic carbocycles. The van der Waals surface area contributed by atoms with Crippen molar-refractivity contribution in [2.24, 2.45) is 5.73 Å². The van der Waals surface area contributed by atoms with E-state index in [1.165, 1.54) is 6.26 Å². The van der Waals surface area contributed by atoms with Crippen molar-refractivity contribution >= 4 is 9.84 Å². The van der Waals surface area contributed by atoms with E-state index < -0.39 is 15.4 Å².